The first-order chi connectivity index (χ1) is 21.7. The number of carbonyl (C=O) groups excluding carboxylic acids is 2. The van der Waals surface area contributed by atoms with E-state index in [1.165, 1.54) is 23.8 Å². The summed E-state index contributed by atoms with van der Waals surface area (Å²) < 4.78 is 28.1. The van der Waals surface area contributed by atoms with Crippen LogP contribution in [0.2, 0.25) is 0 Å². The summed E-state index contributed by atoms with van der Waals surface area (Å²) in [6.45, 7) is 5.19. The van der Waals surface area contributed by atoms with Crippen molar-refractivity contribution in [1.82, 2.24) is 20.5 Å². The number of aliphatic hydroxyl groups is 1. The highest BCUT2D eigenvalue weighted by atomic mass is 19.1. The van der Waals surface area contributed by atoms with Crippen LogP contribution in [0.15, 0.2) is 85.1 Å². The molecule has 0 unspecified atom stereocenters. The third kappa shape index (κ3) is 9.51. The first-order valence-electron chi connectivity index (χ1n) is 15.2. The van der Waals surface area contributed by atoms with E-state index in [0.29, 0.717) is 29.9 Å². The van der Waals surface area contributed by atoms with E-state index < -0.39 is 29.7 Å². The molecule has 0 bridgehead atoms. The zero-order valence-electron chi connectivity index (χ0n) is 25.9. The SMILES string of the molecule is CCCN(C)C(=O)c1cc(C(=O)N[C@@H](Cc2cc(F)cc(F)c2)[C@H](O)CNCc2cccc(CC)c2)cc(-c2ccccn2)c1. The van der Waals surface area contributed by atoms with Crippen molar-refractivity contribution in [3.8, 4) is 11.3 Å². The molecule has 0 aliphatic rings. The smallest absolute Gasteiger partial charge is 0.253 e. The zero-order chi connectivity index (χ0) is 32.3. The highest BCUT2D eigenvalue weighted by molar-refractivity contribution is 6.01. The van der Waals surface area contributed by atoms with Crippen LogP contribution in [0.25, 0.3) is 11.3 Å². The Balaban J connectivity index is 1.60. The van der Waals surface area contributed by atoms with Crippen LogP contribution in [-0.2, 0) is 19.4 Å². The maximum absolute atomic E-state index is 14.1. The summed E-state index contributed by atoms with van der Waals surface area (Å²) in [5, 5.41) is 17.3. The first-order valence-corrected chi connectivity index (χ1v) is 15.2. The number of aliphatic hydroxyl groups excluding tert-OH is 1. The van der Waals surface area contributed by atoms with Gasteiger partial charge in [0.05, 0.1) is 17.8 Å². The van der Waals surface area contributed by atoms with Gasteiger partial charge in [-0.2, -0.15) is 0 Å². The first kappa shape index (κ1) is 33.4. The number of benzene rings is 3. The fourth-order valence-electron chi connectivity index (χ4n) is 5.20. The minimum atomic E-state index is -1.11. The van der Waals surface area contributed by atoms with Gasteiger partial charge in [0.25, 0.3) is 11.8 Å². The normalized spacial score (nSPS) is 12.4. The Hall–Kier alpha value is -4.47. The molecule has 0 radical (unpaired) electrons. The Morgan fingerprint density at radius 2 is 1.62 bits per heavy atom. The van der Waals surface area contributed by atoms with Gasteiger partial charge in [-0.25, -0.2) is 8.78 Å². The summed E-state index contributed by atoms with van der Waals surface area (Å²) >= 11 is 0. The fraction of sp³-hybridized carbons (Fsp3) is 0.306. The third-order valence-electron chi connectivity index (χ3n) is 7.55. The van der Waals surface area contributed by atoms with Crippen LogP contribution in [-0.4, -0.2) is 59.1 Å². The molecule has 4 rings (SSSR count). The number of rotatable bonds is 14. The predicted molar refractivity (Wildman–Crippen MR) is 172 cm³/mol. The number of aryl methyl sites for hydroxylation is 1. The second kappa shape index (κ2) is 16.0. The van der Waals surface area contributed by atoms with Gasteiger partial charge in [-0.3, -0.25) is 14.6 Å². The van der Waals surface area contributed by atoms with Crippen molar-refractivity contribution in [2.75, 3.05) is 20.1 Å². The molecule has 2 atom stereocenters. The number of halogens is 2. The van der Waals surface area contributed by atoms with Gasteiger partial charge in [-0.05, 0) is 78.4 Å². The van der Waals surface area contributed by atoms with Crippen LogP contribution in [0.4, 0.5) is 8.78 Å². The molecule has 0 saturated carbocycles. The second-order valence-corrected chi connectivity index (χ2v) is 11.2. The van der Waals surface area contributed by atoms with E-state index >= 15 is 0 Å². The zero-order valence-corrected chi connectivity index (χ0v) is 25.9. The summed E-state index contributed by atoms with van der Waals surface area (Å²) in [5.74, 6) is -2.29. The maximum atomic E-state index is 14.1. The lowest BCUT2D eigenvalue weighted by atomic mass is 9.98. The van der Waals surface area contributed by atoms with Gasteiger partial charge < -0.3 is 20.6 Å². The van der Waals surface area contributed by atoms with E-state index in [9.17, 15) is 23.5 Å². The quantitative estimate of drug-likeness (QED) is 0.173. The molecule has 3 aromatic carbocycles. The molecule has 1 aromatic heterocycles. The van der Waals surface area contributed by atoms with Gasteiger partial charge in [0.2, 0.25) is 0 Å². The third-order valence-corrected chi connectivity index (χ3v) is 7.55. The maximum Gasteiger partial charge on any atom is 0.253 e. The van der Waals surface area contributed by atoms with Gasteiger partial charge in [-0.15, -0.1) is 0 Å². The van der Waals surface area contributed by atoms with Crippen LogP contribution in [0.1, 0.15) is 57.7 Å². The Morgan fingerprint density at radius 1 is 0.889 bits per heavy atom. The lowest BCUT2D eigenvalue weighted by Gasteiger charge is -2.25. The van der Waals surface area contributed by atoms with Gasteiger partial charge in [0.15, 0.2) is 0 Å². The number of hydrogen-bond acceptors (Lipinski definition) is 5. The molecule has 0 saturated heterocycles. The van der Waals surface area contributed by atoms with Gasteiger partial charge >= 0.3 is 0 Å². The fourth-order valence-corrected chi connectivity index (χ4v) is 5.20. The molecule has 0 aliphatic heterocycles. The van der Waals surface area contributed by atoms with Crippen molar-refractivity contribution in [3.05, 3.63) is 125 Å². The van der Waals surface area contributed by atoms with Crippen LogP contribution in [0.3, 0.4) is 0 Å². The minimum absolute atomic E-state index is 0.0282. The standard InChI is InChI=1S/C36H40F2N4O3/c1-4-13-42(3)36(45)29-19-27(32-11-6-7-12-40-32)18-28(20-29)35(44)41-33(17-26-15-30(37)21-31(38)16-26)34(43)23-39-22-25-10-8-9-24(5-2)14-25/h6-12,14-16,18-21,33-34,39,43H,4-5,13,17,22-23H2,1-3H3,(H,41,44)/t33-,34+/m0/s1. The van der Waals surface area contributed by atoms with Gasteiger partial charge in [0, 0.05) is 55.6 Å². The monoisotopic (exact) mass is 614 g/mol. The summed E-state index contributed by atoms with van der Waals surface area (Å²) in [7, 11) is 1.70. The predicted octanol–water partition coefficient (Wildman–Crippen LogP) is 5.56. The summed E-state index contributed by atoms with van der Waals surface area (Å²) in [6.07, 6.45) is 2.17. The molecular weight excluding hydrogens is 574 g/mol. The molecule has 0 fully saturated rings. The molecule has 45 heavy (non-hydrogen) atoms. The molecule has 0 aliphatic carbocycles. The van der Waals surface area contributed by atoms with Gasteiger partial charge in [-0.1, -0.05) is 44.2 Å². The van der Waals surface area contributed by atoms with Crippen molar-refractivity contribution < 1.29 is 23.5 Å². The largest absolute Gasteiger partial charge is 0.390 e. The molecule has 0 spiro atoms. The lowest BCUT2D eigenvalue weighted by molar-refractivity contribution is 0.0795. The minimum Gasteiger partial charge on any atom is -0.390 e. The van der Waals surface area contributed by atoms with E-state index in [4.69, 9.17) is 0 Å². The molecule has 2 amide bonds. The molecule has 7 nitrogen and oxygen atoms in total. The topological polar surface area (TPSA) is 94.6 Å². The van der Waals surface area contributed by atoms with E-state index in [1.54, 1.807) is 42.4 Å². The van der Waals surface area contributed by atoms with Crippen molar-refractivity contribution in [3.63, 3.8) is 0 Å². The summed E-state index contributed by atoms with van der Waals surface area (Å²) in [5.41, 5.74) is 4.20. The second-order valence-electron chi connectivity index (χ2n) is 11.2. The van der Waals surface area contributed by atoms with Crippen LogP contribution >= 0.6 is 0 Å². The summed E-state index contributed by atoms with van der Waals surface area (Å²) in [4.78, 5) is 33.0. The highest BCUT2D eigenvalue weighted by Gasteiger charge is 2.24. The number of nitrogens with one attached hydrogen (secondary N) is 2. The molecular formula is C36H40F2N4O3. The molecule has 236 valence electrons. The summed E-state index contributed by atoms with van der Waals surface area (Å²) in [6, 6.07) is 20.6. The highest BCUT2D eigenvalue weighted by Crippen LogP contribution is 2.22. The van der Waals surface area contributed by atoms with Crippen LogP contribution < -0.4 is 10.6 Å². The van der Waals surface area contributed by atoms with Crippen molar-refractivity contribution in [2.45, 2.75) is 51.8 Å². The number of nitrogens with zero attached hydrogens (tertiary/aromatic N) is 2. The molecule has 9 heteroatoms. The van der Waals surface area contributed by atoms with Crippen molar-refractivity contribution >= 4 is 11.8 Å². The number of hydrogen-bond donors (Lipinski definition) is 3. The Kier molecular flexibility index (Phi) is 11.9. The lowest BCUT2D eigenvalue weighted by Crippen LogP contribution is -2.48. The van der Waals surface area contributed by atoms with Crippen molar-refractivity contribution in [2.24, 2.45) is 0 Å². The average Bonchev–Trinajstić information content (AvgIpc) is 3.04. The Bertz CT molecular complexity index is 1580. The average molecular weight is 615 g/mol. The van der Waals surface area contributed by atoms with E-state index in [2.05, 4.69) is 28.6 Å². The van der Waals surface area contributed by atoms with E-state index in [-0.39, 0.29) is 30.0 Å². The molecule has 1 heterocycles. The van der Waals surface area contributed by atoms with Crippen LogP contribution in [0, 0.1) is 11.6 Å². The number of aromatic nitrogens is 1. The molecule has 3 N–H and O–H groups in total. The number of pyridine rings is 1. The van der Waals surface area contributed by atoms with Crippen molar-refractivity contribution in [1.29, 1.82) is 0 Å². The number of carbonyl (C=O) groups is 2. The Labute approximate surface area is 263 Å². The van der Waals surface area contributed by atoms with Gasteiger partial charge in [0.1, 0.15) is 11.6 Å². The van der Waals surface area contributed by atoms with Crippen LogP contribution in [0.5, 0.6) is 0 Å². The number of amides is 2. The van der Waals surface area contributed by atoms with E-state index in [0.717, 1.165) is 24.5 Å². The van der Waals surface area contributed by atoms with E-state index in [1.807, 2.05) is 31.2 Å². The molecule has 4 aromatic rings. The Morgan fingerprint density at radius 3 is 2.31 bits per heavy atom.